The molecule has 2 saturated heterocycles. The van der Waals surface area contributed by atoms with Crippen LogP contribution < -0.4 is 10.6 Å². The molecule has 0 aliphatic carbocycles. The summed E-state index contributed by atoms with van der Waals surface area (Å²) in [6, 6.07) is 19.7. The number of nitrogens with zero attached hydrogens (tertiary/aromatic N) is 1. The number of piperidine rings is 2. The van der Waals surface area contributed by atoms with Gasteiger partial charge in [-0.3, -0.25) is 9.69 Å². The van der Waals surface area contributed by atoms with Crippen LogP contribution in [0.3, 0.4) is 0 Å². The van der Waals surface area contributed by atoms with E-state index >= 15 is 0 Å². The van der Waals surface area contributed by atoms with E-state index in [1.807, 2.05) is 19.9 Å². The third-order valence-electron chi connectivity index (χ3n) is 7.96. The number of carbonyl (C=O) groups is 1. The summed E-state index contributed by atoms with van der Waals surface area (Å²) >= 11 is 0. The number of fused-ring (bicyclic) bond motifs is 1. The molecule has 0 saturated carbocycles. The van der Waals surface area contributed by atoms with Gasteiger partial charge in [0.15, 0.2) is 0 Å². The highest BCUT2D eigenvalue weighted by Crippen LogP contribution is 2.32. The molecule has 206 valence electrons. The van der Waals surface area contributed by atoms with Crippen LogP contribution in [0.5, 0.6) is 0 Å². The van der Waals surface area contributed by atoms with Gasteiger partial charge in [0.25, 0.3) is 0 Å². The maximum atomic E-state index is 13.4. The molecule has 2 fully saturated rings. The molecule has 2 heterocycles. The van der Waals surface area contributed by atoms with E-state index in [9.17, 15) is 9.18 Å². The Morgan fingerprint density at radius 1 is 1.00 bits per heavy atom. The van der Waals surface area contributed by atoms with Gasteiger partial charge in [-0.05, 0) is 98.9 Å². The van der Waals surface area contributed by atoms with Crippen molar-refractivity contribution in [2.75, 3.05) is 26.2 Å². The molecule has 4 nitrogen and oxygen atoms in total. The van der Waals surface area contributed by atoms with E-state index < -0.39 is 0 Å². The van der Waals surface area contributed by atoms with Crippen LogP contribution >= 0.6 is 0 Å². The number of rotatable bonds is 5. The second-order valence-electron chi connectivity index (χ2n) is 10.4. The van der Waals surface area contributed by atoms with Gasteiger partial charge in [-0.25, -0.2) is 4.39 Å². The minimum Gasteiger partial charge on any atom is -0.352 e. The number of halogens is 1. The third-order valence-corrected chi connectivity index (χ3v) is 7.96. The molecule has 0 radical (unpaired) electrons. The average Bonchev–Trinajstić information content (AvgIpc) is 3.00. The molecule has 2 aliphatic heterocycles. The molecule has 5 heteroatoms. The predicted octanol–water partition coefficient (Wildman–Crippen LogP) is 6.45. The Labute approximate surface area is 233 Å². The predicted molar refractivity (Wildman–Crippen MR) is 159 cm³/mol. The summed E-state index contributed by atoms with van der Waals surface area (Å²) < 4.78 is 13.4. The van der Waals surface area contributed by atoms with Gasteiger partial charge in [-0.2, -0.15) is 0 Å². The van der Waals surface area contributed by atoms with E-state index in [4.69, 9.17) is 0 Å². The first-order chi connectivity index (χ1) is 19.1. The fraction of sp³-hybridized carbons (Fsp3) is 0.441. The highest BCUT2D eigenvalue weighted by atomic mass is 19.1. The van der Waals surface area contributed by atoms with Gasteiger partial charge in [0, 0.05) is 30.0 Å². The molecule has 5 rings (SSSR count). The zero-order chi connectivity index (χ0) is 27.6. The Morgan fingerprint density at radius 2 is 1.72 bits per heavy atom. The zero-order valence-electron chi connectivity index (χ0n) is 23.6. The number of likely N-dealkylation sites (tertiary alicyclic amines) is 1. The topological polar surface area (TPSA) is 44.4 Å². The lowest BCUT2D eigenvalue weighted by atomic mass is 9.91. The number of amides is 1. The molecule has 0 bridgehead atoms. The van der Waals surface area contributed by atoms with Crippen LogP contribution in [0.1, 0.15) is 69.2 Å². The first kappa shape index (κ1) is 28.8. The fourth-order valence-electron chi connectivity index (χ4n) is 5.67. The summed E-state index contributed by atoms with van der Waals surface area (Å²) in [5.41, 5.74) is 3.21. The molecule has 39 heavy (non-hydrogen) atoms. The molecule has 3 aromatic carbocycles. The molecule has 0 spiro atoms. The smallest absolute Gasteiger partial charge is 0.223 e. The summed E-state index contributed by atoms with van der Waals surface area (Å²) in [6.07, 6.45) is 3.91. The van der Waals surface area contributed by atoms with Gasteiger partial charge >= 0.3 is 0 Å². The van der Waals surface area contributed by atoms with Crippen molar-refractivity contribution >= 4 is 16.7 Å². The Balaban J connectivity index is 0.00000172. The maximum absolute atomic E-state index is 13.4. The minimum absolute atomic E-state index is 0.00129. The highest BCUT2D eigenvalue weighted by molar-refractivity contribution is 5.91. The molecule has 1 amide bonds. The Hall–Kier alpha value is -3.20. The standard InChI is InChI=1S/C32H36FN3O.C2H6/c1-23(36-19-15-27(16-20-36)32(37)35-22-25-5-4-6-28(33)21-25)29-12-11-26(30-7-2-3-8-31(29)30)10-9-24-13-17-34-18-14-24;1-2/h2-8,11-12,21,23-24,27,34H,13-20,22H2,1H3,(H,35,37);1-2H3. The summed E-state index contributed by atoms with van der Waals surface area (Å²) in [7, 11) is 0. The van der Waals surface area contributed by atoms with Crippen LogP contribution in [-0.2, 0) is 11.3 Å². The van der Waals surface area contributed by atoms with Crippen molar-refractivity contribution in [1.29, 1.82) is 0 Å². The van der Waals surface area contributed by atoms with E-state index in [0.717, 1.165) is 63.0 Å². The second kappa shape index (κ2) is 14.3. The maximum Gasteiger partial charge on any atom is 0.223 e. The van der Waals surface area contributed by atoms with Gasteiger partial charge in [0.05, 0.1) is 0 Å². The summed E-state index contributed by atoms with van der Waals surface area (Å²) in [6.45, 7) is 10.5. The highest BCUT2D eigenvalue weighted by Gasteiger charge is 2.28. The van der Waals surface area contributed by atoms with E-state index in [1.165, 1.54) is 28.5 Å². The monoisotopic (exact) mass is 527 g/mol. The van der Waals surface area contributed by atoms with Crippen molar-refractivity contribution in [2.24, 2.45) is 11.8 Å². The quantitative estimate of drug-likeness (QED) is 0.375. The third kappa shape index (κ3) is 7.47. The Bertz CT molecular complexity index is 1300. The van der Waals surface area contributed by atoms with Crippen LogP contribution in [0.15, 0.2) is 60.7 Å². The van der Waals surface area contributed by atoms with Gasteiger partial charge < -0.3 is 10.6 Å². The van der Waals surface area contributed by atoms with Crippen molar-refractivity contribution in [3.8, 4) is 11.8 Å². The van der Waals surface area contributed by atoms with Crippen molar-refractivity contribution < 1.29 is 9.18 Å². The Morgan fingerprint density at radius 3 is 2.44 bits per heavy atom. The molecule has 1 unspecified atom stereocenters. The molecular weight excluding hydrogens is 485 g/mol. The van der Waals surface area contributed by atoms with Crippen LogP contribution in [0, 0.1) is 29.5 Å². The largest absolute Gasteiger partial charge is 0.352 e. The van der Waals surface area contributed by atoms with Crippen molar-refractivity contribution in [1.82, 2.24) is 15.5 Å². The van der Waals surface area contributed by atoms with Crippen LogP contribution in [0.4, 0.5) is 4.39 Å². The molecular formula is C34H42FN3O. The number of hydrogen-bond donors (Lipinski definition) is 2. The number of hydrogen-bond acceptors (Lipinski definition) is 3. The van der Waals surface area contributed by atoms with Crippen molar-refractivity contribution in [3.63, 3.8) is 0 Å². The van der Waals surface area contributed by atoms with Gasteiger partial charge in [-0.15, -0.1) is 0 Å². The summed E-state index contributed by atoms with van der Waals surface area (Å²) in [5.74, 6) is 7.29. The van der Waals surface area contributed by atoms with E-state index in [0.29, 0.717) is 12.5 Å². The molecule has 2 N–H and O–H groups in total. The molecule has 3 aromatic rings. The minimum atomic E-state index is -0.275. The average molecular weight is 528 g/mol. The number of benzene rings is 3. The number of carbonyl (C=O) groups excluding carboxylic acids is 1. The lowest BCUT2D eigenvalue weighted by Crippen LogP contribution is -2.41. The lowest BCUT2D eigenvalue weighted by molar-refractivity contribution is -0.126. The molecule has 2 aliphatic rings. The summed E-state index contributed by atoms with van der Waals surface area (Å²) in [5, 5.41) is 8.90. The normalized spacial score (nSPS) is 17.4. The van der Waals surface area contributed by atoms with Gasteiger partial charge in [0.2, 0.25) is 5.91 Å². The Kier molecular flexibility index (Phi) is 10.5. The fourth-order valence-corrected chi connectivity index (χ4v) is 5.67. The number of nitrogens with one attached hydrogen (secondary N) is 2. The van der Waals surface area contributed by atoms with Gasteiger partial charge in [-0.1, -0.05) is 68.2 Å². The zero-order valence-corrected chi connectivity index (χ0v) is 23.6. The van der Waals surface area contributed by atoms with E-state index in [2.05, 4.69) is 70.7 Å². The first-order valence-corrected chi connectivity index (χ1v) is 14.6. The second-order valence-corrected chi connectivity index (χ2v) is 10.4. The van der Waals surface area contributed by atoms with Crippen LogP contribution in [0.2, 0.25) is 0 Å². The first-order valence-electron chi connectivity index (χ1n) is 14.6. The molecule has 0 aromatic heterocycles. The lowest BCUT2D eigenvalue weighted by Gasteiger charge is -2.36. The van der Waals surface area contributed by atoms with Crippen molar-refractivity contribution in [2.45, 2.75) is 59.0 Å². The van der Waals surface area contributed by atoms with Crippen LogP contribution in [0.25, 0.3) is 10.8 Å². The summed E-state index contributed by atoms with van der Waals surface area (Å²) in [4.78, 5) is 15.2. The van der Waals surface area contributed by atoms with Crippen molar-refractivity contribution in [3.05, 3.63) is 83.2 Å². The van der Waals surface area contributed by atoms with Crippen LogP contribution in [-0.4, -0.2) is 37.0 Å². The van der Waals surface area contributed by atoms with E-state index in [1.54, 1.807) is 6.07 Å². The van der Waals surface area contributed by atoms with Gasteiger partial charge in [0.1, 0.15) is 5.82 Å². The van der Waals surface area contributed by atoms with E-state index in [-0.39, 0.29) is 23.7 Å². The SMILES string of the molecule is CC.CC(c1ccc(C#CC2CCNCC2)c2ccccc12)N1CCC(C(=O)NCc2cccc(F)c2)CC1. The molecule has 1 atom stereocenters.